The van der Waals surface area contributed by atoms with E-state index >= 15 is 0 Å². The van der Waals surface area contributed by atoms with E-state index in [0.29, 0.717) is 6.42 Å². The third kappa shape index (κ3) is 3.35. The van der Waals surface area contributed by atoms with Gasteiger partial charge in [-0.05, 0) is 24.5 Å². The van der Waals surface area contributed by atoms with Gasteiger partial charge in [-0.3, -0.25) is 4.79 Å². The molecule has 0 heterocycles. The molecule has 0 bridgehead atoms. The first-order chi connectivity index (χ1) is 7.54. The molecule has 0 fully saturated rings. The molecule has 1 aromatic carbocycles. The Hall–Kier alpha value is -1.35. The van der Waals surface area contributed by atoms with Crippen LogP contribution in [-0.4, -0.2) is 18.2 Å². The lowest BCUT2D eigenvalue weighted by Gasteiger charge is -2.11. The van der Waals surface area contributed by atoms with Gasteiger partial charge in [0, 0.05) is 7.11 Å². The van der Waals surface area contributed by atoms with Crippen molar-refractivity contribution in [2.75, 3.05) is 7.11 Å². The zero-order chi connectivity index (χ0) is 12.1. The molecule has 0 spiro atoms. The predicted molar refractivity (Wildman–Crippen MR) is 62.4 cm³/mol. The van der Waals surface area contributed by atoms with E-state index in [1.807, 2.05) is 31.2 Å². The number of carboxylic acids is 1. The number of carboxylic acid groups (broad SMARTS) is 1. The lowest BCUT2D eigenvalue weighted by atomic mass is 9.99. The number of aliphatic carboxylic acids is 1. The Bertz CT molecular complexity index is 343. The smallest absolute Gasteiger partial charge is 0.306 e. The van der Waals surface area contributed by atoms with E-state index in [-0.39, 0.29) is 12.0 Å². The van der Waals surface area contributed by atoms with Gasteiger partial charge in [-0.1, -0.05) is 31.2 Å². The molecule has 1 N–H and O–H groups in total. The summed E-state index contributed by atoms with van der Waals surface area (Å²) in [5.41, 5.74) is 2.15. The number of ether oxygens (including phenoxy) is 1. The Morgan fingerprint density at radius 1 is 1.31 bits per heavy atom. The Morgan fingerprint density at radius 2 is 1.88 bits per heavy atom. The van der Waals surface area contributed by atoms with Crippen molar-refractivity contribution in [2.24, 2.45) is 5.92 Å². The number of rotatable bonds is 5. The van der Waals surface area contributed by atoms with Gasteiger partial charge in [0.15, 0.2) is 0 Å². The van der Waals surface area contributed by atoms with Crippen molar-refractivity contribution in [3.05, 3.63) is 35.4 Å². The molecule has 3 heteroatoms. The van der Waals surface area contributed by atoms with E-state index < -0.39 is 5.97 Å². The molecule has 2 atom stereocenters. The molecule has 0 aliphatic carbocycles. The van der Waals surface area contributed by atoms with E-state index in [0.717, 1.165) is 11.1 Å². The van der Waals surface area contributed by atoms with Crippen LogP contribution in [0.3, 0.4) is 0 Å². The number of benzene rings is 1. The van der Waals surface area contributed by atoms with Crippen LogP contribution in [0.2, 0.25) is 0 Å². The Kier molecular flexibility index (Phi) is 4.50. The highest BCUT2D eigenvalue weighted by atomic mass is 16.5. The highest BCUT2D eigenvalue weighted by molar-refractivity contribution is 5.69. The van der Waals surface area contributed by atoms with Crippen LogP contribution in [0.1, 0.15) is 31.1 Å². The molecule has 0 saturated carbocycles. The fourth-order valence-corrected chi connectivity index (χ4v) is 1.50. The van der Waals surface area contributed by atoms with Crippen molar-refractivity contribution < 1.29 is 14.6 Å². The van der Waals surface area contributed by atoms with E-state index in [1.54, 1.807) is 14.0 Å². The lowest BCUT2D eigenvalue weighted by Crippen LogP contribution is -2.12. The van der Waals surface area contributed by atoms with Crippen LogP contribution in [0.4, 0.5) is 0 Å². The summed E-state index contributed by atoms with van der Waals surface area (Å²) in [6.07, 6.45) is 0.641. The summed E-state index contributed by atoms with van der Waals surface area (Å²) >= 11 is 0. The van der Waals surface area contributed by atoms with Crippen molar-refractivity contribution in [3.8, 4) is 0 Å². The monoisotopic (exact) mass is 222 g/mol. The number of carbonyl (C=O) groups is 1. The second kappa shape index (κ2) is 5.66. The van der Waals surface area contributed by atoms with E-state index in [9.17, 15) is 4.79 Å². The van der Waals surface area contributed by atoms with Crippen molar-refractivity contribution in [1.29, 1.82) is 0 Å². The summed E-state index contributed by atoms with van der Waals surface area (Å²) in [4.78, 5) is 10.7. The van der Waals surface area contributed by atoms with Crippen LogP contribution < -0.4 is 0 Å². The predicted octanol–water partition coefficient (Wildman–Crippen LogP) is 2.66. The SMILES string of the molecule is COC(C)c1ccc(CC(C)C(=O)O)cc1. The molecule has 0 saturated heterocycles. The maximum absolute atomic E-state index is 10.7. The van der Waals surface area contributed by atoms with Crippen LogP contribution in [0, 0.1) is 5.92 Å². The van der Waals surface area contributed by atoms with Crippen LogP contribution in [0.15, 0.2) is 24.3 Å². The largest absolute Gasteiger partial charge is 0.481 e. The lowest BCUT2D eigenvalue weighted by molar-refractivity contribution is -0.141. The van der Waals surface area contributed by atoms with Crippen LogP contribution >= 0.6 is 0 Å². The molecule has 2 unspecified atom stereocenters. The fourth-order valence-electron chi connectivity index (χ4n) is 1.50. The van der Waals surface area contributed by atoms with Crippen LogP contribution in [0.5, 0.6) is 0 Å². The maximum atomic E-state index is 10.7. The topological polar surface area (TPSA) is 46.5 Å². The zero-order valence-corrected chi connectivity index (χ0v) is 9.93. The third-order valence-corrected chi connectivity index (χ3v) is 2.77. The van der Waals surface area contributed by atoms with Crippen molar-refractivity contribution >= 4 is 5.97 Å². The molecule has 0 radical (unpaired) electrons. The van der Waals surface area contributed by atoms with Crippen molar-refractivity contribution in [3.63, 3.8) is 0 Å². The van der Waals surface area contributed by atoms with Gasteiger partial charge in [-0.15, -0.1) is 0 Å². The van der Waals surface area contributed by atoms with E-state index in [4.69, 9.17) is 9.84 Å². The molecule has 1 rings (SSSR count). The fraction of sp³-hybridized carbons (Fsp3) is 0.462. The molecule has 88 valence electrons. The molecular formula is C13H18O3. The normalized spacial score (nSPS) is 14.4. The van der Waals surface area contributed by atoms with Gasteiger partial charge in [0.1, 0.15) is 0 Å². The minimum Gasteiger partial charge on any atom is -0.481 e. The van der Waals surface area contributed by atoms with Gasteiger partial charge in [0.2, 0.25) is 0 Å². The van der Waals surface area contributed by atoms with Gasteiger partial charge in [-0.25, -0.2) is 0 Å². The molecule has 0 aliphatic rings. The molecular weight excluding hydrogens is 204 g/mol. The average molecular weight is 222 g/mol. The molecule has 16 heavy (non-hydrogen) atoms. The highest BCUT2D eigenvalue weighted by Gasteiger charge is 2.11. The second-order valence-electron chi connectivity index (χ2n) is 4.06. The minimum absolute atomic E-state index is 0.0750. The van der Waals surface area contributed by atoms with E-state index in [2.05, 4.69) is 0 Å². The second-order valence-corrected chi connectivity index (χ2v) is 4.06. The summed E-state index contributed by atoms with van der Waals surface area (Å²) in [5, 5.41) is 8.80. The first-order valence-corrected chi connectivity index (χ1v) is 5.39. The van der Waals surface area contributed by atoms with Gasteiger partial charge < -0.3 is 9.84 Å². The minimum atomic E-state index is -0.755. The van der Waals surface area contributed by atoms with Gasteiger partial charge in [0.25, 0.3) is 0 Å². The zero-order valence-electron chi connectivity index (χ0n) is 9.93. The quantitative estimate of drug-likeness (QED) is 0.833. The van der Waals surface area contributed by atoms with Gasteiger partial charge in [0.05, 0.1) is 12.0 Å². The Balaban J connectivity index is 2.68. The summed E-state index contributed by atoms with van der Waals surface area (Å²) in [7, 11) is 1.67. The van der Waals surface area contributed by atoms with E-state index in [1.165, 1.54) is 0 Å². The summed E-state index contributed by atoms with van der Waals surface area (Å²) < 4.78 is 5.20. The number of hydrogen-bond donors (Lipinski definition) is 1. The van der Waals surface area contributed by atoms with Crippen LogP contribution in [-0.2, 0) is 16.0 Å². The van der Waals surface area contributed by atoms with Crippen molar-refractivity contribution in [1.82, 2.24) is 0 Å². The first kappa shape index (κ1) is 12.7. The van der Waals surface area contributed by atoms with Crippen molar-refractivity contribution in [2.45, 2.75) is 26.4 Å². The summed E-state index contributed by atoms with van der Waals surface area (Å²) in [6.45, 7) is 3.70. The molecule has 1 aromatic rings. The first-order valence-electron chi connectivity index (χ1n) is 5.39. The molecule has 0 aromatic heterocycles. The maximum Gasteiger partial charge on any atom is 0.306 e. The summed E-state index contributed by atoms with van der Waals surface area (Å²) in [5.74, 6) is -1.10. The number of hydrogen-bond acceptors (Lipinski definition) is 2. The van der Waals surface area contributed by atoms with Gasteiger partial charge >= 0.3 is 5.97 Å². The molecule has 0 amide bonds. The molecule has 3 nitrogen and oxygen atoms in total. The Morgan fingerprint density at radius 3 is 2.31 bits per heavy atom. The van der Waals surface area contributed by atoms with Crippen LogP contribution in [0.25, 0.3) is 0 Å². The third-order valence-electron chi connectivity index (χ3n) is 2.77. The Labute approximate surface area is 96.1 Å². The number of methoxy groups -OCH3 is 1. The summed E-state index contributed by atoms with van der Waals surface area (Å²) in [6, 6.07) is 7.89. The standard InChI is InChI=1S/C13H18O3/c1-9(13(14)15)8-11-4-6-12(7-5-11)10(2)16-3/h4-7,9-10H,8H2,1-3H3,(H,14,15). The average Bonchev–Trinajstić information content (AvgIpc) is 2.28. The molecule has 0 aliphatic heterocycles. The van der Waals surface area contributed by atoms with Gasteiger partial charge in [-0.2, -0.15) is 0 Å². The highest BCUT2D eigenvalue weighted by Crippen LogP contribution is 2.17.